The maximum atomic E-state index is 2.33. The minimum atomic E-state index is 1.08. The monoisotopic (exact) mass is 249 g/mol. The third-order valence-electron chi connectivity index (χ3n) is 3.96. The minimum Gasteiger partial charge on any atom is -0.320 e. The van der Waals surface area contributed by atoms with E-state index in [0.29, 0.717) is 0 Å². The molecule has 0 fully saturated rings. The van der Waals surface area contributed by atoms with Gasteiger partial charge >= 0.3 is 0 Å². The van der Waals surface area contributed by atoms with E-state index < -0.39 is 0 Å². The van der Waals surface area contributed by atoms with Crippen LogP contribution in [0.4, 0.5) is 0 Å². The van der Waals surface area contributed by atoms with Gasteiger partial charge in [-0.3, -0.25) is 0 Å². The van der Waals surface area contributed by atoms with Gasteiger partial charge in [-0.1, -0.05) is 43.3 Å². The molecule has 19 heavy (non-hydrogen) atoms. The Hall–Kier alpha value is -2.02. The molecule has 0 saturated carbocycles. The lowest BCUT2D eigenvalue weighted by Crippen LogP contribution is -1.90. The number of pyridine rings is 1. The van der Waals surface area contributed by atoms with Gasteiger partial charge in [-0.05, 0) is 43.0 Å². The zero-order valence-corrected chi connectivity index (χ0v) is 11.8. The Morgan fingerprint density at radius 3 is 2.37 bits per heavy atom. The number of hydrogen-bond acceptors (Lipinski definition) is 0. The average molecular weight is 249 g/mol. The van der Waals surface area contributed by atoms with Gasteiger partial charge in [0.2, 0.25) is 0 Å². The van der Waals surface area contributed by atoms with Crippen molar-refractivity contribution >= 4 is 5.52 Å². The molecule has 0 spiro atoms. The van der Waals surface area contributed by atoms with Gasteiger partial charge < -0.3 is 4.40 Å². The van der Waals surface area contributed by atoms with Crippen LogP contribution in [0.3, 0.4) is 0 Å². The first-order valence-corrected chi connectivity index (χ1v) is 6.88. The van der Waals surface area contributed by atoms with Gasteiger partial charge in [0.05, 0.1) is 0 Å². The molecule has 0 aliphatic rings. The fourth-order valence-electron chi connectivity index (χ4n) is 2.89. The van der Waals surface area contributed by atoms with Crippen LogP contribution in [0.5, 0.6) is 0 Å². The number of nitrogens with zero attached hydrogens (tertiary/aromatic N) is 1. The largest absolute Gasteiger partial charge is 0.320 e. The predicted octanol–water partition coefficient (Wildman–Crippen LogP) is 4.79. The number of benzene rings is 1. The molecular formula is C18H19N. The summed E-state index contributed by atoms with van der Waals surface area (Å²) in [4.78, 5) is 0. The Balaban J connectivity index is 2.32. The van der Waals surface area contributed by atoms with Gasteiger partial charge in [-0.25, -0.2) is 0 Å². The summed E-state index contributed by atoms with van der Waals surface area (Å²) in [6, 6.07) is 15.1. The molecule has 2 heterocycles. The van der Waals surface area contributed by atoms with Crippen LogP contribution in [0.15, 0.2) is 48.7 Å². The second-order valence-corrected chi connectivity index (χ2v) is 5.10. The summed E-state index contributed by atoms with van der Waals surface area (Å²) < 4.78 is 2.33. The molecule has 0 atom stereocenters. The average Bonchev–Trinajstić information content (AvgIpc) is 2.71. The first-order chi connectivity index (χ1) is 9.22. The molecule has 0 unspecified atom stereocenters. The highest BCUT2D eigenvalue weighted by Gasteiger charge is 2.13. The van der Waals surface area contributed by atoms with Crippen molar-refractivity contribution in [2.45, 2.75) is 27.2 Å². The number of aromatic nitrogens is 1. The Labute approximate surface area is 114 Å². The first-order valence-electron chi connectivity index (χ1n) is 6.88. The van der Waals surface area contributed by atoms with Gasteiger partial charge in [0.25, 0.3) is 0 Å². The van der Waals surface area contributed by atoms with Gasteiger partial charge in [0.15, 0.2) is 0 Å². The lowest BCUT2D eigenvalue weighted by atomic mass is 10.0. The highest BCUT2D eigenvalue weighted by atomic mass is 14.9. The predicted molar refractivity (Wildman–Crippen MR) is 81.7 cm³/mol. The summed E-state index contributed by atoms with van der Waals surface area (Å²) in [6.45, 7) is 6.63. The molecule has 0 saturated heterocycles. The van der Waals surface area contributed by atoms with Gasteiger partial charge in [-0.2, -0.15) is 0 Å². The van der Waals surface area contributed by atoms with Crippen LogP contribution in [0.25, 0.3) is 16.6 Å². The van der Waals surface area contributed by atoms with E-state index in [1.165, 1.54) is 33.5 Å². The molecule has 1 heteroatoms. The maximum absolute atomic E-state index is 2.33. The minimum absolute atomic E-state index is 1.08. The molecule has 3 aromatic rings. The molecule has 2 aromatic heterocycles. The molecule has 0 N–H and O–H groups in total. The van der Waals surface area contributed by atoms with Crippen molar-refractivity contribution in [1.82, 2.24) is 4.40 Å². The molecule has 0 bridgehead atoms. The van der Waals surface area contributed by atoms with Crippen molar-refractivity contribution in [3.8, 4) is 11.1 Å². The molecule has 96 valence electrons. The fraction of sp³-hybridized carbons (Fsp3) is 0.222. The second-order valence-electron chi connectivity index (χ2n) is 5.10. The number of aryl methyl sites for hydroxylation is 3. The zero-order valence-electron chi connectivity index (χ0n) is 11.8. The third-order valence-corrected chi connectivity index (χ3v) is 3.96. The van der Waals surface area contributed by atoms with E-state index in [1.807, 2.05) is 0 Å². The van der Waals surface area contributed by atoms with Crippen molar-refractivity contribution in [2.24, 2.45) is 0 Å². The van der Waals surface area contributed by atoms with Gasteiger partial charge in [0.1, 0.15) is 0 Å². The lowest BCUT2D eigenvalue weighted by molar-refractivity contribution is 1.04. The summed E-state index contributed by atoms with van der Waals surface area (Å²) in [7, 11) is 0. The van der Waals surface area contributed by atoms with E-state index >= 15 is 0 Å². The highest BCUT2D eigenvalue weighted by Crippen LogP contribution is 2.32. The van der Waals surface area contributed by atoms with Crippen molar-refractivity contribution in [2.75, 3.05) is 0 Å². The Kier molecular flexibility index (Phi) is 2.90. The van der Waals surface area contributed by atoms with Crippen LogP contribution in [0, 0.1) is 13.8 Å². The van der Waals surface area contributed by atoms with Crippen LogP contribution in [-0.4, -0.2) is 4.40 Å². The zero-order chi connectivity index (χ0) is 13.4. The number of fused-ring (bicyclic) bond motifs is 1. The van der Waals surface area contributed by atoms with E-state index in [1.54, 1.807) is 0 Å². The van der Waals surface area contributed by atoms with Crippen molar-refractivity contribution in [1.29, 1.82) is 0 Å². The Bertz CT molecular complexity index is 720. The molecule has 1 nitrogen and oxygen atoms in total. The van der Waals surface area contributed by atoms with Crippen molar-refractivity contribution in [3.05, 3.63) is 65.5 Å². The third kappa shape index (κ3) is 1.86. The highest BCUT2D eigenvalue weighted by molar-refractivity contribution is 5.79. The van der Waals surface area contributed by atoms with Crippen molar-refractivity contribution < 1.29 is 0 Å². The Morgan fingerprint density at radius 1 is 0.947 bits per heavy atom. The van der Waals surface area contributed by atoms with E-state index in [0.717, 1.165) is 6.42 Å². The van der Waals surface area contributed by atoms with Crippen LogP contribution in [0.1, 0.15) is 23.7 Å². The summed E-state index contributed by atoms with van der Waals surface area (Å²) >= 11 is 0. The van der Waals surface area contributed by atoms with E-state index in [9.17, 15) is 0 Å². The topological polar surface area (TPSA) is 4.41 Å². The molecule has 3 rings (SSSR count). The number of rotatable bonds is 2. The standard InChI is InChI=1S/C18H19N/c1-4-15-10-11-17-13(2)18(14(3)19(17)12-15)16-8-6-5-7-9-16/h5-12H,4H2,1-3H3. The second kappa shape index (κ2) is 4.58. The summed E-state index contributed by atoms with van der Waals surface area (Å²) in [6.07, 6.45) is 3.34. The summed E-state index contributed by atoms with van der Waals surface area (Å²) in [5, 5.41) is 0. The number of hydrogen-bond donors (Lipinski definition) is 0. The van der Waals surface area contributed by atoms with E-state index in [-0.39, 0.29) is 0 Å². The molecule has 0 amide bonds. The Morgan fingerprint density at radius 2 is 1.68 bits per heavy atom. The molecule has 0 aliphatic carbocycles. The summed E-state index contributed by atoms with van der Waals surface area (Å²) in [5.41, 5.74) is 8.06. The first kappa shape index (κ1) is 12.0. The van der Waals surface area contributed by atoms with Crippen LogP contribution in [-0.2, 0) is 6.42 Å². The van der Waals surface area contributed by atoms with E-state index in [4.69, 9.17) is 0 Å². The molecular weight excluding hydrogens is 230 g/mol. The quantitative estimate of drug-likeness (QED) is 0.615. The summed E-state index contributed by atoms with van der Waals surface area (Å²) in [5.74, 6) is 0. The van der Waals surface area contributed by atoms with Crippen LogP contribution in [0.2, 0.25) is 0 Å². The van der Waals surface area contributed by atoms with Gasteiger partial charge in [-0.15, -0.1) is 0 Å². The molecule has 0 radical (unpaired) electrons. The normalized spacial score (nSPS) is 11.1. The van der Waals surface area contributed by atoms with Crippen LogP contribution >= 0.6 is 0 Å². The molecule has 1 aromatic carbocycles. The SMILES string of the molecule is CCc1ccc2c(C)c(-c3ccccc3)c(C)n2c1. The smallest absolute Gasteiger partial charge is 0.0488 e. The van der Waals surface area contributed by atoms with Gasteiger partial charge in [0, 0.05) is 23.0 Å². The molecule has 0 aliphatic heterocycles. The lowest BCUT2D eigenvalue weighted by Gasteiger charge is -2.03. The van der Waals surface area contributed by atoms with Crippen LogP contribution < -0.4 is 0 Å². The fourth-order valence-corrected chi connectivity index (χ4v) is 2.89. The maximum Gasteiger partial charge on any atom is 0.0488 e. The van der Waals surface area contributed by atoms with Crippen molar-refractivity contribution in [3.63, 3.8) is 0 Å². The van der Waals surface area contributed by atoms with E-state index in [2.05, 4.69) is 73.8 Å².